The minimum absolute atomic E-state index is 0.195. The molecule has 12 heavy (non-hydrogen) atoms. The van der Waals surface area contributed by atoms with Gasteiger partial charge in [0, 0.05) is 23.9 Å². The Hall–Kier alpha value is -0.830. The van der Waals surface area contributed by atoms with Crippen molar-refractivity contribution in [2.45, 2.75) is 32.2 Å². The number of hydrogen-bond donors (Lipinski definition) is 1. The first-order valence-corrected chi connectivity index (χ1v) is 4.39. The largest absolute Gasteiger partial charge is 0.361 e. The second-order valence-corrected chi connectivity index (χ2v) is 3.77. The van der Waals surface area contributed by atoms with E-state index in [9.17, 15) is 0 Å². The van der Waals surface area contributed by atoms with E-state index >= 15 is 0 Å². The molecule has 0 aliphatic heterocycles. The molecule has 0 aromatic carbocycles. The highest BCUT2D eigenvalue weighted by atomic mass is 16.5. The van der Waals surface area contributed by atoms with Gasteiger partial charge >= 0.3 is 0 Å². The predicted octanol–water partition coefficient (Wildman–Crippen LogP) is 1.30. The van der Waals surface area contributed by atoms with Gasteiger partial charge in [-0.25, -0.2) is 0 Å². The first-order chi connectivity index (χ1) is 5.70. The summed E-state index contributed by atoms with van der Waals surface area (Å²) in [5.41, 5.74) is 7.11. The lowest BCUT2D eigenvalue weighted by atomic mass is 9.89. The van der Waals surface area contributed by atoms with E-state index in [0.717, 1.165) is 12.2 Å². The lowest BCUT2D eigenvalue weighted by Crippen LogP contribution is -2.26. The molecule has 0 saturated heterocycles. The Balaban J connectivity index is 2.35. The van der Waals surface area contributed by atoms with Crippen molar-refractivity contribution in [1.29, 1.82) is 0 Å². The quantitative estimate of drug-likeness (QED) is 0.684. The molecule has 3 nitrogen and oxygen atoms in total. The third-order valence-corrected chi connectivity index (χ3v) is 2.72. The van der Waals surface area contributed by atoms with Crippen LogP contribution in [0.1, 0.15) is 31.1 Å². The molecule has 66 valence electrons. The molecule has 0 fully saturated rings. The predicted molar refractivity (Wildman–Crippen MR) is 45.8 cm³/mol. The van der Waals surface area contributed by atoms with Gasteiger partial charge in [-0.2, -0.15) is 0 Å². The summed E-state index contributed by atoms with van der Waals surface area (Å²) in [7, 11) is 0. The van der Waals surface area contributed by atoms with Crippen LogP contribution in [0.3, 0.4) is 0 Å². The van der Waals surface area contributed by atoms with E-state index < -0.39 is 0 Å². The average molecular weight is 166 g/mol. The van der Waals surface area contributed by atoms with Crippen LogP contribution < -0.4 is 5.73 Å². The Kier molecular flexibility index (Phi) is 1.68. The smallest absolute Gasteiger partial charge is 0.140 e. The summed E-state index contributed by atoms with van der Waals surface area (Å²) < 4.78 is 5.12. The maximum atomic E-state index is 5.89. The van der Waals surface area contributed by atoms with E-state index in [1.165, 1.54) is 5.56 Å². The number of rotatable bonds is 1. The number of nitrogens with zero attached hydrogens (tertiary/aromatic N) is 1. The molecule has 3 unspecified atom stereocenters. The summed E-state index contributed by atoms with van der Waals surface area (Å²) in [6.07, 6.45) is 2.80. The fourth-order valence-electron chi connectivity index (χ4n) is 2.23. The van der Waals surface area contributed by atoms with Crippen molar-refractivity contribution < 1.29 is 4.52 Å². The first kappa shape index (κ1) is 7.80. The zero-order valence-corrected chi connectivity index (χ0v) is 7.45. The number of nitrogens with two attached hydrogens (primary N) is 1. The second kappa shape index (κ2) is 2.59. The van der Waals surface area contributed by atoms with Gasteiger partial charge in [0.25, 0.3) is 0 Å². The van der Waals surface area contributed by atoms with Crippen LogP contribution in [-0.4, -0.2) is 11.2 Å². The highest BCUT2D eigenvalue weighted by molar-refractivity contribution is 5.27. The molecule has 2 rings (SSSR count). The molecule has 0 saturated carbocycles. The zero-order valence-electron chi connectivity index (χ0n) is 7.45. The average Bonchev–Trinajstić information content (AvgIpc) is 2.44. The Bertz CT molecular complexity index is 280. The Morgan fingerprint density at radius 1 is 1.75 bits per heavy atom. The van der Waals surface area contributed by atoms with E-state index in [-0.39, 0.29) is 6.04 Å². The van der Waals surface area contributed by atoms with Gasteiger partial charge in [-0.05, 0) is 12.8 Å². The molecule has 1 aliphatic rings. The first-order valence-electron chi connectivity index (χ1n) is 4.39. The molecule has 1 aromatic rings. The SMILES string of the molecule is CC(N)C1c2cnoc2CC1C. The van der Waals surface area contributed by atoms with E-state index in [4.69, 9.17) is 10.3 Å². The third kappa shape index (κ3) is 0.966. The molecular weight excluding hydrogens is 152 g/mol. The van der Waals surface area contributed by atoms with Crippen LogP contribution in [-0.2, 0) is 6.42 Å². The van der Waals surface area contributed by atoms with Crippen LogP contribution in [0.2, 0.25) is 0 Å². The Labute approximate surface area is 71.9 Å². The van der Waals surface area contributed by atoms with Crippen molar-refractivity contribution in [1.82, 2.24) is 5.16 Å². The maximum absolute atomic E-state index is 5.89. The van der Waals surface area contributed by atoms with Crippen molar-refractivity contribution >= 4 is 0 Å². The van der Waals surface area contributed by atoms with Gasteiger partial charge in [-0.15, -0.1) is 0 Å². The molecule has 0 spiro atoms. The number of hydrogen-bond acceptors (Lipinski definition) is 3. The minimum atomic E-state index is 0.195. The van der Waals surface area contributed by atoms with Crippen LogP contribution in [0, 0.1) is 5.92 Å². The lowest BCUT2D eigenvalue weighted by molar-refractivity contribution is 0.363. The standard InChI is InChI=1S/C9H14N2O/c1-5-3-8-7(4-11-12-8)9(5)6(2)10/h4-6,9H,3,10H2,1-2H3. The van der Waals surface area contributed by atoms with Crippen LogP contribution in [0.15, 0.2) is 10.7 Å². The van der Waals surface area contributed by atoms with Crippen LogP contribution in [0.4, 0.5) is 0 Å². The summed E-state index contributed by atoms with van der Waals surface area (Å²) in [6.45, 7) is 4.26. The van der Waals surface area contributed by atoms with E-state index in [1.54, 1.807) is 0 Å². The molecule has 0 bridgehead atoms. The summed E-state index contributed by atoms with van der Waals surface area (Å²) in [4.78, 5) is 0. The highest BCUT2D eigenvalue weighted by Gasteiger charge is 2.34. The van der Waals surface area contributed by atoms with Crippen LogP contribution >= 0.6 is 0 Å². The fourth-order valence-corrected chi connectivity index (χ4v) is 2.23. The molecule has 3 heteroatoms. The maximum Gasteiger partial charge on any atom is 0.140 e. The van der Waals surface area contributed by atoms with Crippen molar-refractivity contribution in [2.75, 3.05) is 0 Å². The highest BCUT2D eigenvalue weighted by Crippen LogP contribution is 2.38. The topological polar surface area (TPSA) is 52.0 Å². The molecule has 1 aromatic heterocycles. The molecule has 2 N–H and O–H groups in total. The summed E-state index contributed by atoms with van der Waals surface area (Å²) >= 11 is 0. The third-order valence-electron chi connectivity index (χ3n) is 2.72. The van der Waals surface area contributed by atoms with Crippen molar-refractivity contribution in [3.05, 3.63) is 17.5 Å². The fraction of sp³-hybridized carbons (Fsp3) is 0.667. The van der Waals surface area contributed by atoms with Gasteiger partial charge in [0.1, 0.15) is 5.76 Å². The zero-order chi connectivity index (χ0) is 8.72. The minimum Gasteiger partial charge on any atom is -0.361 e. The van der Waals surface area contributed by atoms with Gasteiger partial charge in [-0.1, -0.05) is 12.1 Å². The molecule has 1 aliphatic carbocycles. The summed E-state index contributed by atoms with van der Waals surface area (Å²) in [6, 6.07) is 0.195. The van der Waals surface area contributed by atoms with Crippen molar-refractivity contribution in [2.24, 2.45) is 11.7 Å². The van der Waals surface area contributed by atoms with E-state index in [0.29, 0.717) is 11.8 Å². The van der Waals surface area contributed by atoms with Crippen molar-refractivity contribution in [3.8, 4) is 0 Å². The number of fused-ring (bicyclic) bond motifs is 1. The van der Waals surface area contributed by atoms with Crippen LogP contribution in [0.5, 0.6) is 0 Å². The second-order valence-electron chi connectivity index (χ2n) is 3.77. The van der Waals surface area contributed by atoms with Gasteiger partial charge in [0.2, 0.25) is 0 Å². The van der Waals surface area contributed by atoms with Gasteiger partial charge in [0.05, 0.1) is 6.20 Å². The van der Waals surface area contributed by atoms with Crippen molar-refractivity contribution in [3.63, 3.8) is 0 Å². The molecule has 0 radical (unpaired) electrons. The summed E-state index contributed by atoms with van der Waals surface area (Å²) in [5, 5.41) is 3.78. The van der Waals surface area contributed by atoms with Gasteiger partial charge in [-0.3, -0.25) is 0 Å². The Morgan fingerprint density at radius 3 is 3.17 bits per heavy atom. The van der Waals surface area contributed by atoms with Crippen LogP contribution in [0.25, 0.3) is 0 Å². The summed E-state index contributed by atoms with van der Waals surface area (Å²) in [5.74, 6) is 2.07. The molecule has 1 heterocycles. The molecule has 0 amide bonds. The Morgan fingerprint density at radius 2 is 2.50 bits per heavy atom. The lowest BCUT2D eigenvalue weighted by Gasteiger charge is -2.19. The molecule has 3 atom stereocenters. The number of aromatic nitrogens is 1. The van der Waals surface area contributed by atoms with Gasteiger partial charge < -0.3 is 10.3 Å². The monoisotopic (exact) mass is 166 g/mol. The molecular formula is C9H14N2O. The van der Waals surface area contributed by atoms with E-state index in [2.05, 4.69) is 12.1 Å². The van der Waals surface area contributed by atoms with Gasteiger partial charge in [0.15, 0.2) is 0 Å². The van der Waals surface area contributed by atoms with E-state index in [1.807, 2.05) is 13.1 Å². The normalized spacial score (nSPS) is 30.2.